The molecule has 0 radical (unpaired) electrons. The topological polar surface area (TPSA) is 70.9 Å². The van der Waals surface area contributed by atoms with E-state index in [0.717, 1.165) is 40.6 Å². The van der Waals surface area contributed by atoms with Gasteiger partial charge in [0.2, 0.25) is 6.61 Å². The van der Waals surface area contributed by atoms with Crippen molar-refractivity contribution >= 4 is 22.5 Å². The van der Waals surface area contributed by atoms with Crippen molar-refractivity contribution in [2.75, 3.05) is 19.7 Å². The fraction of sp³-hybridized carbons (Fsp3) is 0.280. The quantitative estimate of drug-likeness (QED) is 0.440. The molecule has 3 aromatic rings. The van der Waals surface area contributed by atoms with Crippen LogP contribution in [0.5, 0.6) is 0 Å². The van der Waals surface area contributed by atoms with Gasteiger partial charge in [-0.05, 0) is 52.9 Å². The molecule has 0 amide bonds. The van der Waals surface area contributed by atoms with Crippen LogP contribution in [0.15, 0.2) is 71.9 Å². The number of fused-ring (bicyclic) bond motifs is 1. The standard InChI is InChI=1S/C25H25FN2O3/c26-21-9-7-19(8-10-21)22-11-12-27-15-23(22)24(28-31-16-25(29)30)14-17-5-6-18-3-1-2-4-20(18)13-17/h1-10,13,22-23,27H,11-12,14-16H2,(H,29,30)/b28-24-. The van der Waals surface area contributed by atoms with Crippen molar-refractivity contribution in [3.63, 3.8) is 0 Å². The molecule has 0 saturated carbocycles. The molecule has 2 atom stereocenters. The molecule has 1 heterocycles. The average molecular weight is 420 g/mol. The first-order valence-corrected chi connectivity index (χ1v) is 10.4. The van der Waals surface area contributed by atoms with Gasteiger partial charge in [-0.2, -0.15) is 0 Å². The zero-order valence-corrected chi connectivity index (χ0v) is 17.1. The molecule has 4 rings (SSSR count). The predicted octanol–water partition coefficient (Wildman–Crippen LogP) is 4.37. The third-order valence-corrected chi connectivity index (χ3v) is 5.78. The van der Waals surface area contributed by atoms with Crippen LogP contribution in [0.3, 0.4) is 0 Å². The summed E-state index contributed by atoms with van der Waals surface area (Å²) >= 11 is 0. The van der Waals surface area contributed by atoms with Crippen LogP contribution in [0.2, 0.25) is 0 Å². The Labute approximate surface area is 180 Å². The summed E-state index contributed by atoms with van der Waals surface area (Å²) in [5, 5.41) is 19.0. The number of nitrogens with one attached hydrogen (secondary N) is 1. The lowest BCUT2D eigenvalue weighted by atomic mass is 9.77. The Balaban J connectivity index is 1.64. The number of halogens is 1. The summed E-state index contributed by atoms with van der Waals surface area (Å²) in [4.78, 5) is 16.1. The number of hydrogen-bond acceptors (Lipinski definition) is 4. The number of carboxylic acids is 1. The molecule has 0 spiro atoms. The van der Waals surface area contributed by atoms with E-state index in [-0.39, 0.29) is 17.7 Å². The van der Waals surface area contributed by atoms with Gasteiger partial charge in [0, 0.05) is 18.9 Å². The number of piperidine rings is 1. The monoisotopic (exact) mass is 420 g/mol. The van der Waals surface area contributed by atoms with Crippen molar-refractivity contribution in [1.29, 1.82) is 0 Å². The summed E-state index contributed by atoms with van der Waals surface area (Å²) in [5.74, 6) is -1.16. The van der Waals surface area contributed by atoms with E-state index in [1.807, 2.05) is 24.3 Å². The maximum Gasteiger partial charge on any atom is 0.344 e. The minimum atomic E-state index is -1.06. The zero-order valence-electron chi connectivity index (χ0n) is 17.1. The molecule has 31 heavy (non-hydrogen) atoms. The van der Waals surface area contributed by atoms with Crippen molar-refractivity contribution in [3.8, 4) is 0 Å². The van der Waals surface area contributed by atoms with Crippen LogP contribution in [0.4, 0.5) is 4.39 Å². The maximum atomic E-state index is 13.5. The van der Waals surface area contributed by atoms with Gasteiger partial charge in [-0.15, -0.1) is 0 Å². The van der Waals surface area contributed by atoms with Crippen molar-refractivity contribution < 1.29 is 19.1 Å². The Hall–Kier alpha value is -3.25. The highest BCUT2D eigenvalue weighted by Crippen LogP contribution is 2.33. The highest BCUT2D eigenvalue weighted by molar-refractivity contribution is 5.91. The van der Waals surface area contributed by atoms with Gasteiger partial charge in [0.1, 0.15) is 5.82 Å². The van der Waals surface area contributed by atoms with Crippen LogP contribution in [0, 0.1) is 11.7 Å². The van der Waals surface area contributed by atoms with E-state index in [1.54, 1.807) is 0 Å². The van der Waals surface area contributed by atoms with E-state index in [4.69, 9.17) is 9.94 Å². The van der Waals surface area contributed by atoms with E-state index in [0.29, 0.717) is 13.0 Å². The fourth-order valence-electron chi connectivity index (χ4n) is 4.28. The molecule has 3 aromatic carbocycles. The van der Waals surface area contributed by atoms with Crippen LogP contribution < -0.4 is 5.32 Å². The van der Waals surface area contributed by atoms with Crippen molar-refractivity contribution in [2.45, 2.75) is 18.8 Å². The van der Waals surface area contributed by atoms with Crippen LogP contribution in [-0.4, -0.2) is 36.5 Å². The minimum absolute atomic E-state index is 0.0134. The molecule has 0 aliphatic carbocycles. The number of carboxylic acid groups (broad SMARTS) is 1. The lowest BCUT2D eigenvalue weighted by Gasteiger charge is -2.33. The van der Waals surface area contributed by atoms with E-state index in [1.165, 1.54) is 12.1 Å². The normalized spacial score (nSPS) is 19.3. The second-order valence-corrected chi connectivity index (χ2v) is 7.87. The molecule has 6 heteroatoms. The number of rotatable bonds is 7. The molecule has 5 nitrogen and oxygen atoms in total. The molecule has 1 fully saturated rings. The van der Waals surface area contributed by atoms with Gasteiger partial charge < -0.3 is 15.3 Å². The summed E-state index contributed by atoms with van der Waals surface area (Å²) in [5.41, 5.74) is 2.93. The lowest BCUT2D eigenvalue weighted by molar-refractivity contribution is -0.142. The Morgan fingerprint density at radius 3 is 2.65 bits per heavy atom. The van der Waals surface area contributed by atoms with Crippen molar-refractivity contribution in [1.82, 2.24) is 5.32 Å². The molecule has 160 valence electrons. The van der Waals surface area contributed by atoms with Gasteiger partial charge in [-0.3, -0.25) is 0 Å². The van der Waals surface area contributed by atoms with Gasteiger partial charge in [-0.25, -0.2) is 9.18 Å². The van der Waals surface area contributed by atoms with Gasteiger partial charge in [0.05, 0.1) is 5.71 Å². The summed E-state index contributed by atoms with van der Waals surface area (Å²) in [6.45, 7) is 1.07. The zero-order chi connectivity index (χ0) is 21.6. The largest absolute Gasteiger partial charge is 0.479 e. The molecule has 2 N–H and O–H groups in total. The second kappa shape index (κ2) is 9.71. The van der Waals surface area contributed by atoms with Gasteiger partial charge >= 0.3 is 5.97 Å². The molecule has 0 bridgehead atoms. The molecule has 1 aliphatic heterocycles. The fourth-order valence-corrected chi connectivity index (χ4v) is 4.28. The Kier molecular flexibility index (Phi) is 6.57. The predicted molar refractivity (Wildman–Crippen MR) is 119 cm³/mol. The summed E-state index contributed by atoms with van der Waals surface area (Å²) < 4.78 is 13.5. The Morgan fingerprint density at radius 1 is 1.10 bits per heavy atom. The smallest absolute Gasteiger partial charge is 0.344 e. The summed E-state index contributed by atoms with van der Waals surface area (Å²) in [7, 11) is 0. The van der Waals surface area contributed by atoms with Crippen LogP contribution in [0.25, 0.3) is 10.8 Å². The van der Waals surface area contributed by atoms with Gasteiger partial charge in [0.25, 0.3) is 0 Å². The first-order valence-electron chi connectivity index (χ1n) is 10.4. The number of carbonyl (C=O) groups is 1. The molecular weight excluding hydrogens is 395 g/mol. The lowest BCUT2D eigenvalue weighted by Crippen LogP contribution is -2.40. The SMILES string of the molecule is O=C(O)CO/N=C(/Cc1ccc2ccccc2c1)C1CNCCC1c1ccc(F)cc1. The molecular formula is C25H25FN2O3. The van der Waals surface area contributed by atoms with Crippen LogP contribution >= 0.6 is 0 Å². The third-order valence-electron chi connectivity index (χ3n) is 5.78. The number of benzene rings is 3. The number of nitrogens with zero attached hydrogens (tertiary/aromatic N) is 1. The third kappa shape index (κ3) is 5.27. The van der Waals surface area contributed by atoms with Crippen molar-refractivity contribution in [3.05, 3.63) is 83.7 Å². The van der Waals surface area contributed by atoms with Gasteiger partial charge in [0.15, 0.2) is 0 Å². The number of aliphatic carboxylic acids is 1. The number of oxime groups is 1. The van der Waals surface area contributed by atoms with Crippen molar-refractivity contribution in [2.24, 2.45) is 11.1 Å². The molecule has 1 aliphatic rings. The highest BCUT2D eigenvalue weighted by atomic mass is 19.1. The minimum Gasteiger partial charge on any atom is -0.479 e. The van der Waals surface area contributed by atoms with Crippen LogP contribution in [0.1, 0.15) is 23.5 Å². The van der Waals surface area contributed by atoms with Crippen LogP contribution in [-0.2, 0) is 16.1 Å². The molecule has 0 aromatic heterocycles. The Bertz CT molecular complexity index is 1080. The van der Waals surface area contributed by atoms with Gasteiger partial charge in [-0.1, -0.05) is 59.8 Å². The summed E-state index contributed by atoms with van der Waals surface area (Å²) in [6, 6.07) is 21.0. The van der Waals surface area contributed by atoms with E-state index in [2.05, 4.69) is 40.8 Å². The van der Waals surface area contributed by atoms with E-state index < -0.39 is 12.6 Å². The number of hydrogen-bond donors (Lipinski definition) is 2. The van der Waals surface area contributed by atoms with E-state index >= 15 is 0 Å². The average Bonchev–Trinajstić information content (AvgIpc) is 2.79. The highest BCUT2D eigenvalue weighted by Gasteiger charge is 2.31. The maximum absolute atomic E-state index is 13.5. The second-order valence-electron chi connectivity index (χ2n) is 7.87. The first kappa shape index (κ1) is 21.0. The molecule has 2 unspecified atom stereocenters. The Morgan fingerprint density at radius 2 is 1.87 bits per heavy atom. The molecule has 1 saturated heterocycles. The van der Waals surface area contributed by atoms with E-state index in [9.17, 15) is 9.18 Å². The first-order chi connectivity index (χ1) is 15.1. The summed E-state index contributed by atoms with van der Waals surface area (Å²) in [6.07, 6.45) is 1.43.